The molecule has 0 aliphatic rings. The first-order valence-corrected chi connectivity index (χ1v) is 6.91. The number of nitrogens with one attached hydrogen (secondary N) is 1. The van der Waals surface area contributed by atoms with E-state index in [2.05, 4.69) is 10.1 Å². The minimum atomic E-state index is -0.439. The Hall–Kier alpha value is -2.44. The Kier molecular flexibility index (Phi) is 7.01. The van der Waals surface area contributed by atoms with Crippen LogP contribution < -0.4 is 5.32 Å². The van der Waals surface area contributed by atoms with Crippen LogP contribution >= 0.6 is 0 Å². The van der Waals surface area contributed by atoms with Crippen LogP contribution in [-0.2, 0) is 16.1 Å². The van der Waals surface area contributed by atoms with Gasteiger partial charge < -0.3 is 24.6 Å². The monoisotopic (exact) mass is 309 g/mol. The summed E-state index contributed by atoms with van der Waals surface area (Å²) in [5, 5.41) is 3.02. The van der Waals surface area contributed by atoms with E-state index >= 15 is 0 Å². The number of carbonyl (C=O) groups excluding carboxylic acids is 2. The number of hydrogen-bond acceptors (Lipinski definition) is 5. The zero-order chi connectivity index (χ0) is 16.5. The molecular formula is C15H23N3O4. The number of amides is 2. The molecule has 0 atom stereocenters. The lowest BCUT2D eigenvalue weighted by Gasteiger charge is -2.21. The molecule has 7 nitrogen and oxygen atoms in total. The number of benzene rings is 1. The molecule has 0 aliphatic carbocycles. The third-order valence-electron chi connectivity index (χ3n) is 3.17. The van der Waals surface area contributed by atoms with Gasteiger partial charge in [-0.05, 0) is 17.7 Å². The maximum absolute atomic E-state index is 11.8. The molecule has 0 fully saturated rings. The zero-order valence-electron chi connectivity index (χ0n) is 13.5. The second-order valence-corrected chi connectivity index (χ2v) is 4.81. The Balaban J connectivity index is 2.35. The Morgan fingerprint density at radius 1 is 1.05 bits per heavy atom. The fourth-order valence-electron chi connectivity index (χ4n) is 1.66. The van der Waals surface area contributed by atoms with Crippen LogP contribution in [0.15, 0.2) is 24.3 Å². The molecular weight excluding hydrogens is 286 g/mol. The largest absolute Gasteiger partial charge is 0.453 e. The predicted molar refractivity (Wildman–Crippen MR) is 83.8 cm³/mol. The topological polar surface area (TPSA) is 71.1 Å². The van der Waals surface area contributed by atoms with Crippen LogP contribution in [0.1, 0.15) is 5.56 Å². The molecule has 1 rings (SSSR count). The Bertz CT molecular complexity index is 490. The van der Waals surface area contributed by atoms with Crippen LogP contribution in [0.3, 0.4) is 0 Å². The first-order chi connectivity index (χ1) is 10.5. The lowest BCUT2D eigenvalue weighted by atomic mass is 10.2. The van der Waals surface area contributed by atoms with E-state index < -0.39 is 12.2 Å². The maximum atomic E-state index is 11.8. The van der Waals surface area contributed by atoms with Gasteiger partial charge in [-0.25, -0.2) is 9.59 Å². The molecule has 2 amide bonds. The molecule has 1 aromatic rings. The number of hydrogen-bond donors (Lipinski definition) is 1. The van der Waals surface area contributed by atoms with Crippen molar-refractivity contribution in [1.82, 2.24) is 9.80 Å². The van der Waals surface area contributed by atoms with Gasteiger partial charge in [0, 0.05) is 39.9 Å². The van der Waals surface area contributed by atoms with Crippen molar-refractivity contribution in [3.8, 4) is 0 Å². The van der Waals surface area contributed by atoms with Gasteiger partial charge in [0.05, 0.1) is 7.11 Å². The van der Waals surface area contributed by atoms with E-state index in [-0.39, 0.29) is 6.61 Å². The van der Waals surface area contributed by atoms with Gasteiger partial charge in [-0.3, -0.25) is 0 Å². The van der Waals surface area contributed by atoms with E-state index in [0.717, 1.165) is 11.3 Å². The van der Waals surface area contributed by atoms with Crippen molar-refractivity contribution in [1.29, 1.82) is 0 Å². The first kappa shape index (κ1) is 17.6. The number of rotatable bonds is 6. The van der Waals surface area contributed by atoms with Gasteiger partial charge >= 0.3 is 12.2 Å². The van der Waals surface area contributed by atoms with Gasteiger partial charge in [0.1, 0.15) is 6.61 Å². The Morgan fingerprint density at radius 2 is 1.59 bits per heavy atom. The number of carbonyl (C=O) groups is 2. The number of nitrogens with zero attached hydrogens (tertiary/aromatic N) is 2. The average molecular weight is 309 g/mol. The molecule has 0 saturated heterocycles. The number of methoxy groups -OCH3 is 1. The second kappa shape index (κ2) is 8.76. The standard InChI is InChI=1S/C15H23N3O4/c1-16-13-7-5-12(6-8-13)11-22-15(20)18(3)10-9-17(2)14(19)21-4/h5-8,16H,9-11H2,1-4H3. The molecule has 7 heteroatoms. The number of likely N-dealkylation sites (N-methyl/N-ethyl adjacent to an activating group) is 2. The smallest absolute Gasteiger partial charge is 0.409 e. The van der Waals surface area contributed by atoms with E-state index in [1.807, 2.05) is 31.3 Å². The van der Waals surface area contributed by atoms with E-state index in [0.29, 0.717) is 13.1 Å². The van der Waals surface area contributed by atoms with Crippen molar-refractivity contribution in [2.24, 2.45) is 0 Å². The predicted octanol–water partition coefficient (Wildman–Crippen LogP) is 1.99. The molecule has 0 radical (unpaired) electrons. The third kappa shape index (κ3) is 5.51. The van der Waals surface area contributed by atoms with Gasteiger partial charge in [-0.1, -0.05) is 12.1 Å². The Labute approximate surface area is 130 Å². The molecule has 22 heavy (non-hydrogen) atoms. The first-order valence-electron chi connectivity index (χ1n) is 6.91. The molecule has 0 aliphatic heterocycles. The van der Waals surface area contributed by atoms with Crippen molar-refractivity contribution in [2.75, 3.05) is 46.7 Å². The molecule has 0 saturated carbocycles. The summed E-state index contributed by atoms with van der Waals surface area (Å²) in [4.78, 5) is 25.9. The molecule has 0 bridgehead atoms. The quantitative estimate of drug-likeness (QED) is 0.870. The SMILES string of the molecule is CNc1ccc(COC(=O)N(C)CCN(C)C(=O)OC)cc1. The summed E-state index contributed by atoms with van der Waals surface area (Å²) in [5.74, 6) is 0. The summed E-state index contributed by atoms with van der Waals surface area (Å²) in [6.07, 6.45) is -0.873. The molecule has 0 heterocycles. The summed E-state index contributed by atoms with van der Waals surface area (Å²) in [6.45, 7) is 0.943. The lowest BCUT2D eigenvalue weighted by molar-refractivity contribution is 0.0975. The fourth-order valence-corrected chi connectivity index (χ4v) is 1.66. The molecule has 122 valence electrons. The highest BCUT2D eigenvalue weighted by Crippen LogP contribution is 2.09. The summed E-state index contributed by atoms with van der Waals surface area (Å²) in [6, 6.07) is 7.62. The summed E-state index contributed by atoms with van der Waals surface area (Å²) in [7, 11) is 6.39. The summed E-state index contributed by atoms with van der Waals surface area (Å²) < 4.78 is 9.79. The minimum absolute atomic E-state index is 0.208. The van der Waals surface area contributed by atoms with E-state index in [9.17, 15) is 9.59 Å². The van der Waals surface area contributed by atoms with Crippen LogP contribution in [-0.4, -0.2) is 63.3 Å². The summed E-state index contributed by atoms with van der Waals surface area (Å²) in [5.41, 5.74) is 1.91. The van der Waals surface area contributed by atoms with Crippen molar-refractivity contribution in [2.45, 2.75) is 6.61 Å². The number of ether oxygens (including phenoxy) is 2. The lowest BCUT2D eigenvalue weighted by Crippen LogP contribution is -2.37. The number of anilines is 1. The highest BCUT2D eigenvalue weighted by molar-refractivity contribution is 5.68. The molecule has 0 spiro atoms. The van der Waals surface area contributed by atoms with Crippen LogP contribution in [0.25, 0.3) is 0 Å². The highest BCUT2D eigenvalue weighted by Gasteiger charge is 2.13. The maximum Gasteiger partial charge on any atom is 0.409 e. The normalized spacial score (nSPS) is 9.82. The van der Waals surface area contributed by atoms with E-state index in [4.69, 9.17) is 4.74 Å². The van der Waals surface area contributed by atoms with Gasteiger partial charge in [0.2, 0.25) is 0 Å². The highest BCUT2D eigenvalue weighted by atomic mass is 16.6. The minimum Gasteiger partial charge on any atom is -0.453 e. The zero-order valence-corrected chi connectivity index (χ0v) is 13.5. The summed E-state index contributed by atoms with van der Waals surface area (Å²) >= 11 is 0. The van der Waals surface area contributed by atoms with Gasteiger partial charge in [-0.15, -0.1) is 0 Å². The molecule has 0 aromatic heterocycles. The van der Waals surface area contributed by atoms with Gasteiger partial charge in [0.25, 0.3) is 0 Å². The third-order valence-corrected chi connectivity index (χ3v) is 3.17. The fraction of sp³-hybridized carbons (Fsp3) is 0.467. The van der Waals surface area contributed by atoms with Gasteiger partial charge in [0.15, 0.2) is 0 Å². The van der Waals surface area contributed by atoms with Crippen LogP contribution in [0, 0.1) is 0 Å². The van der Waals surface area contributed by atoms with Gasteiger partial charge in [-0.2, -0.15) is 0 Å². The van der Waals surface area contributed by atoms with Crippen LogP contribution in [0.2, 0.25) is 0 Å². The second-order valence-electron chi connectivity index (χ2n) is 4.81. The van der Waals surface area contributed by atoms with Crippen molar-refractivity contribution in [3.63, 3.8) is 0 Å². The van der Waals surface area contributed by atoms with Crippen LogP contribution in [0.4, 0.5) is 15.3 Å². The molecule has 0 unspecified atom stereocenters. The average Bonchev–Trinajstić information content (AvgIpc) is 2.56. The Morgan fingerprint density at radius 3 is 2.09 bits per heavy atom. The van der Waals surface area contributed by atoms with E-state index in [1.165, 1.54) is 16.9 Å². The van der Waals surface area contributed by atoms with Crippen molar-refractivity contribution in [3.05, 3.63) is 29.8 Å². The van der Waals surface area contributed by atoms with Crippen molar-refractivity contribution < 1.29 is 19.1 Å². The van der Waals surface area contributed by atoms with E-state index in [1.54, 1.807) is 14.1 Å². The van der Waals surface area contributed by atoms with Crippen LogP contribution in [0.5, 0.6) is 0 Å². The molecule has 1 aromatic carbocycles. The van der Waals surface area contributed by atoms with Crippen molar-refractivity contribution >= 4 is 17.9 Å². The molecule has 1 N–H and O–H groups in total.